The molecule has 3 rings (SSSR count). The van der Waals surface area contributed by atoms with E-state index >= 15 is 0 Å². The van der Waals surface area contributed by atoms with E-state index in [-0.39, 0.29) is 17.9 Å². The highest BCUT2D eigenvalue weighted by Crippen LogP contribution is 2.27. The van der Waals surface area contributed by atoms with Crippen LogP contribution in [0.4, 0.5) is 5.69 Å². The van der Waals surface area contributed by atoms with Gasteiger partial charge in [0, 0.05) is 36.6 Å². The predicted octanol–water partition coefficient (Wildman–Crippen LogP) is 1.50. The van der Waals surface area contributed by atoms with Gasteiger partial charge in [0.15, 0.2) is 0 Å². The highest BCUT2D eigenvalue weighted by molar-refractivity contribution is 5.78. The van der Waals surface area contributed by atoms with Gasteiger partial charge in [0.25, 0.3) is 5.56 Å². The van der Waals surface area contributed by atoms with Crippen LogP contribution in [0.15, 0.2) is 29.1 Å². The molecular formula is C19H24N4O2. The molecule has 2 aromatic rings. The first-order valence-electron chi connectivity index (χ1n) is 8.70. The van der Waals surface area contributed by atoms with E-state index in [0.717, 1.165) is 25.9 Å². The zero-order valence-corrected chi connectivity index (χ0v) is 14.8. The van der Waals surface area contributed by atoms with Gasteiger partial charge in [0.05, 0.1) is 6.42 Å². The van der Waals surface area contributed by atoms with Crippen molar-refractivity contribution in [1.82, 2.24) is 15.3 Å². The number of hydrogen-bond acceptors (Lipinski definition) is 4. The molecule has 2 heterocycles. The Morgan fingerprint density at radius 1 is 1.32 bits per heavy atom. The third-order valence-corrected chi connectivity index (χ3v) is 4.59. The lowest BCUT2D eigenvalue weighted by atomic mass is 10.1. The number of H-pyrrole nitrogens is 1. The Labute approximate surface area is 147 Å². The average molecular weight is 340 g/mol. The molecule has 1 aliphatic rings. The summed E-state index contributed by atoms with van der Waals surface area (Å²) in [4.78, 5) is 33.2. The van der Waals surface area contributed by atoms with Crippen LogP contribution in [-0.2, 0) is 17.6 Å². The Morgan fingerprint density at radius 3 is 2.92 bits per heavy atom. The molecule has 0 saturated carbocycles. The highest BCUT2D eigenvalue weighted by atomic mass is 16.2. The summed E-state index contributed by atoms with van der Waals surface area (Å²) in [5, 5.41) is 2.90. The summed E-state index contributed by atoms with van der Waals surface area (Å²) in [6.45, 7) is 6.05. The second kappa shape index (κ2) is 7.51. The zero-order valence-electron chi connectivity index (χ0n) is 14.8. The van der Waals surface area contributed by atoms with E-state index in [1.165, 1.54) is 11.3 Å². The Hall–Kier alpha value is -2.63. The third kappa shape index (κ3) is 4.07. The van der Waals surface area contributed by atoms with Crippen LogP contribution in [-0.4, -0.2) is 35.5 Å². The maximum absolute atomic E-state index is 12.1. The van der Waals surface area contributed by atoms with Gasteiger partial charge in [-0.25, -0.2) is 4.98 Å². The molecule has 1 aromatic carbocycles. The van der Waals surface area contributed by atoms with Crippen molar-refractivity contribution < 1.29 is 4.79 Å². The normalized spacial score (nSPS) is 13.0. The molecule has 0 atom stereocenters. The lowest BCUT2D eigenvalue weighted by Gasteiger charge is -2.19. The number of benzene rings is 1. The fraction of sp³-hybridized carbons (Fsp3) is 0.421. The molecule has 6 nitrogen and oxygen atoms in total. The second-order valence-electron chi connectivity index (χ2n) is 6.46. The van der Waals surface area contributed by atoms with Crippen LogP contribution in [0.25, 0.3) is 0 Å². The van der Waals surface area contributed by atoms with Gasteiger partial charge in [-0.2, -0.15) is 0 Å². The van der Waals surface area contributed by atoms with Gasteiger partial charge < -0.3 is 15.2 Å². The number of aromatic amines is 1. The molecule has 25 heavy (non-hydrogen) atoms. The summed E-state index contributed by atoms with van der Waals surface area (Å²) in [7, 11) is 0. The largest absolute Gasteiger partial charge is 0.371 e. The number of carbonyl (C=O) groups is 1. The zero-order chi connectivity index (χ0) is 17.8. The lowest BCUT2D eigenvalue weighted by Crippen LogP contribution is -2.32. The van der Waals surface area contributed by atoms with Crippen molar-refractivity contribution in [3.63, 3.8) is 0 Å². The minimum atomic E-state index is -0.228. The molecule has 0 radical (unpaired) electrons. The van der Waals surface area contributed by atoms with Crippen LogP contribution in [0.5, 0.6) is 0 Å². The SMILES string of the molecule is Cc1nc(C)c(CC(=O)NCCCN2CCc3ccccc32)c(=O)[nH]1. The quantitative estimate of drug-likeness (QED) is 0.781. The van der Waals surface area contributed by atoms with Crippen molar-refractivity contribution in [2.24, 2.45) is 0 Å². The Morgan fingerprint density at radius 2 is 2.12 bits per heavy atom. The summed E-state index contributed by atoms with van der Waals surface area (Å²) < 4.78 is 0. The smallest absolute Gasteiger partial charge is 0.254 e. The van der Waals surface area contributed by atoms with E-state index in [1.807, 2.05) is 0 Å². The van der Waals surface area contributed by atoms with Crippen LogP contribution in [0, 0.1) is 13.8 Å². The fourth-order valence-electron chi connectivity index (χ4n) is 3.32. The number of aromatic nitrogens is 2. The molecule has 0 unspecified atom stereocenters. The summed E-state index contributed by atoms with van der Waals surface area (Å²) in [5.74, 6) is 0.429. The Bertz CT molecular complexity index is 828. The van der Waals surface area contributed by atoms with Gasteiger partial charge in [-0.15, -0.1) is 0 Å². The molecule has 6 heteroatoms. The summed E-state index contributed by atoms with van der Waals surface area (Å²) in [5.41, 5.74) is 3.53. The van der Waals surface area contributed by atoms with Crippen molar-refractivity contribution in [3.05, 3.63) is 57.3 Å². The number of anilines is 1. The third-order valence-electron chi connectivity index (χ3n) is 4.59. The van der Waals surface area contributed by atoms with Crippen molar-refractivity contribution in [2.75, 3.05) is 24.5 Å². The second-order valence-corrected chi connectivity index (χ2v) is 6.46. The first kappa shape index (κ1) is 17.2. The minimum absolute atomic E-state index is 0.0704. The van der Waals surface area contributed by atoms with E-state index in [1.54, 1.807) is 13.8 Å². The van der Waals surface area contributed by atoms with Crippen molar-refractivity contribution in [2.45, 2.75) is 33.1 Å². The number of fused-ring (bicyclic) bond motifs is 1. The van der Waals surface area contributed by atoms with Gasteiger partial charge in [0.1, 0.15) is 5.82 Å². The van der Waals surface area contributed by atoms with Gasteiger partial charge in [0.2, 0.25) is 5.91 Å². The van der Waals surface area contributed by atoms with E-state index in [4.69, 9.17) is 0 Å². The topological polar surface area (TPSA) is 78.1 Å². The molecule has 1 aliphatic heterocycles. The first-order chi connectivity index (χ1) is 12.0. The molecule has 1 aromatic heterocycles. The number of nitrogens with one attached hydrogen (secondary N) is 2. The highest BCUT2D eigenvalue weighted by Gasteiger charge is 2.17. The molecule has 0 bridgehead atoms. The fourth-order valence-corrected chi connectivity index (χ4v) is 3.32. The van der Waals surface area contributed by atoms with E-state index < -0.39 is 0 Å². The van der Waals surface area contributed by atoms with Crippen LogP contribution in [0.2, 0.25) is 0 Å². The molecule has 0 aliphatic carbocycles. The average Bonchev–Trinajstić information content (AvgIpc) is 2.98. The monoisotopic (exact) mass is 340 g/mol. The first-order valence-corrected chi connectivity index (χ1v) is 8.70. The molecule has 1 amide bonds. The molecular weight excluding hydrogens is 316 g/mol. The number of hydrogen-bond donors (Lipinski definition) is 2. The number of aryl methyl sites for hydroxylation is 2. The molecule has 132 valence electrons. The molecule has 2 N–H and O–H groups in total. The maximum Gasteiger partial charge on any atom is 0.254 e. The van der Waals surface area contributed by atoms with Crippen LogP contribution >= 0.6 is 0 Å². The number of rotatable bonds is 6. The molecule has 0 spiro atoms. The number of amides is 1. The minimum Gasteiger partial charge on any atom is -0.371 e. The Kier molecular flexibility index (Phi) is 5.16. The van der Waals surface area contributed by atoms with Crippen molar-refractivity contribution in [3.8, 4) is 0 Å². The van der Waals surface area contributed by atoms with Crippen molar-refractivity contribution >= 4 is 11.6 Å². The number of para-hydroxylation sites is 1. The summed E-state index contributed by atoms with van der Waals surface area (Å²) >= 11 is 0. The van der Waals surface area contributed by atoms with Gasteiger partial charge in [-0.05, 0) is 38.3 Å². The number of carbonyl (C=O) groups excluding carboxylic acids is 1. The van der Waals surface area contributed by atoms with Crippen LogP contribution < -0.4 is 15.8 Å². The van der Waals surface area contributed by atoms with Gasteiger partial charge >= 0.3 is 0 Å². The van der Waals surface area contributed by atoms with Gasteiger partial charge in [-0.3, -0.25) is 9.59 Å². The summed E-state index contributed by atoms with van der Waals surface area (Å²) in [6.07, 6.45) is 2.04. The van der Waals surface area contributed by atoms with Crippen LogP contribution in [0.3, 0.4) is 0 Å². The lowest BCUT2D eigenvalue weighted by molar-refractivity contribution is -0.120. The van der Waals surface area contributed by atoms with Crippen molar-refractivity contribution in [1.29, 1.82) is 0 Å². The van der Waals surface area contributed by atoms with Crippen LogP contribution in [0.1, 0.15) is 29.1 Å². The van der Waals surface area contributed by atoms with E-state index in [9.17, 15) is 9.59 Å². The Balaban J connectivity index is 1.46. The van der Waals surface area contributed by atoms with E-state index in [0.29, 0.717) is 23.6 Å². The molecule has 0 fully saturated rings. The number of nitrogens with zero attached hydrogens (tertiary/aromatic N) is 2. The standard InChI is InChI=1S/C19H24N4O2/c1-13-16(19(25)22-14(2)21-13)12-18(24)20-9-5-10-23-11-8-15-6-3-4-7-17(15)23/h3-4,6-7H,5,8-12H2,1-2H3,(H,20,24)(H,21,22,25). The maximum atomic E-state index is 12.1. The molecule has 0 saturated heterocycles. The summed E-state index contributed by atoms with van der Waals surface area (Å²) in [6, 6.07) is 8.47. The predicted molar refractivity (Wildman–Crippen MR) is 98.0 cm³/mol. The van der Waals surface area contributed by atoms with Gasteiger partial charge in [-0.1, -0.05) is 18.2 Å². The van der Waals surface area contributed by atoms with E-state index in [2.05, 4.69) is 44.5 Å².